The van der Waals surface area contributed by atoms with E-state index in [1.54, 1.807) is 24.3 Å². The van der Waals surface area contributed by atoms with Crippen LogP contribution in [0.1, 0.15) is 46.7 Å². The first-order valence-electron chi connectivity index (χ1n) is 9.88. The molecule has 2 aromatic carbocycles. The molecule has 1 amide bonds. The summed E-state index contributed by atoms with van der Waals surface area (Å²) in [5.41, 5.74) is 3.23. The summed E-state index contributed by atoms with van der Waals surface area (Å²) in [7, 11) is 0. The van der Waals surface area contributed by atoms with E-state index in [1.165, 1.54) is 17.7 Å². The van der Waals surface area contributed by atoms with E-state index >= 15 is 0 Å². The molecule has 0 radical (unpaired) electrons. The number of halogens is 1. The number of carbonyl (C=O) groups excluding carboxylic acids is 1. The predicted octanol–water partition coefficient (Wildman–Crippen LogP) is 4.34. The Kier molecular flexibility index (Phi) is 5.34. The number of carbonyl (C=O) groups is 2. The number of aromatic nitrogens is 1. The lowest BCUT2D eigenvalue weighted by Gasteiger charge is -2.32. The zero-order chi connectivity index (χ0) is 20.4. The van der Waals surface area contributed by atoms with Crippen LogP contribution in [0.3, 0.4) is 0 Å². The summed E-state index contributed by atoms with van der Waals surface area (Å²) >= 11 is 0. The van der Waals surface area contributed by atoms with Crippen molar-refractivity contribution in [2.45, 2.75) is 31.6 Å². The minimum atomic E-state index is -0.948. The van der Waals surface area contributed by atoms with Gasteiger partial charge < -0.3 is 15.0 Å². The number of hydrogen-bond donors (Lipinski definition) is 2. The van der Waals surface area contributed by atoms with E-state index in [0.29, 0.717) is 18.8 Å². The molecule has 1 aliphatic rings. The summed E-state index contributed by atoms with van der Waals surface area (Å²) in [6.07, 6.45) is 4.77. The number of likely N-dealkylation sites (tertiary alicyclic amines) is 1. The van der Waals surface area contributed by atoms with Crippen LogP contribution in [0.25, 0.3) is 10.9 Å². The zero-order valence-electron chi connectivity index (χ0n) is 16.0. The van der Waals surface area contributed by atoms with Gasteiger partial charge in [-0.3, -0.25) is 4.79 Å². The largest absolute Gasteiger partial charge is 0.478 e. The van der Waals surface area contributed by atoms with Gasteiger partial charge >= 0.3 is 5.97 Å². The van der Waals surface area contributed by atoms with Gasteiger partial charge in [0.2, 0.25) is 5.91 Å². The number of piperidine rings is 1. The van der Waals surface area contributed by atoms with Crippen molar-refractivity contribution in [3.8, 4) is 0 Å². The second kappa shape index (κ2) is 8.07. The molecule has 6 heteroatoms. The van der Waals surface area contributed by atoms with E-state index in [1.807, 2.05) is 17.2 Å². The SMILES string of the molecule is O=C(O)c1ccc(CCC(=O)N2CCC(c3c[nH]c4cc(F)ccc34)CC2)cc1. The highest BCUT2D eigenvalue weighted by atomic mass is 19.1. The number of fused-ring (bicyclic) bond motifs is 1. The number of rotatable bonds is 5. The maximum Gasteiger partial charge on any atom is 0.335 e. The molecule has 3 aromatic rings. The first kappa shape index (κ1) is 19.2. The summed E-state index contributed by atoms with van der Waals surface area (Å²) < 4.78 is 13.4. The third-order valence-corrected chi connectivity index (χ3v) is 5.79. The predicted molar refractivity (Wildman–Crippen MR) is 109 cm³/mol. The number of carboxylic acids is 1. The molecule has 1 aromatic heterocycles. The zero-order valence-corrected chi connectivity index (χ0v) is 16.0. The van der Waals surface area contributed by atoms with E-state index in [9.17, 15) is 14.0 Å². The molecule has 0 aliphatic carbocycles. The maximum atomic E-state index is 13.4. The lowest BCUT2D eigenvalue weighted by molar-refractivity contribution is -0.132. The van der Waals surface area contributed by atoms with Gasteiger partial charge in [0.25, 0.3) is 0 Å². The third kappa shape index (κ3) is 4.16. The Balaban J connectivity index is 1.31. The fraction of sp³-hybridized carbons (Fsp3) is 0.304. The fourth-order valence-corrected chi connectivity index (χ4v) is 4.12. The van der Waals surface area contributed by atoms with Crippen LogP contribution < -0.4 is 0 Å². The number of H-pyrrole nitrogens is 1. The Hall–Kier alpha value is -3.15. The lowest BCUT2D eigenvalue weighted by atomic mass is 9.89. The summed E-state index contributed by atoms with van der Waals surface area (Å²) in [5, 5.41) is 10.0. The van der Waals surface area contributed by atoms with Gasteiger partial charge in [0.15, 0.2) is 0 Å². The highest BCUT2D eigenvalue weighted by Gasteiger charge is 2.25. The van der Waals surface area contributed by atoms with Crippen molar-refractivity contribution >= 4 is 22.8 Å². The topological polar surface area (TPSA) is 73.4 Å². The molecular weight excluding hydrogens is 371 g/mol. The Bertz CT molecular complexity index is 1030. The van der Waals surface area contributed by atoms with Crippen LogP contribution in [-0.2, 0) is 11.2 Å². The van der Waals surface area contributed by atoms with Crippen LogP contribution in [-0.4, -0.2) is 40.0 Å². The van der Waals surface area contributed by atoms with Crippen molar-refractivity contribution in [2.75, 3.05) is 13.1 Å². The summed E-state index contributed by atoms with van der Waals surface area (Å²) in [6, 6.07) is 11.5. The van der Waals surface area contributed by atoms with Crippen molar-refractivity contribution in [1.82, 2.24) is 9.88 Å². The molecule has 0 spiro atoms. The van der Waals surface area contributed by atoms with Crippen molar-refractivity contribution in [2.24, 2.45) is 0 Å². The number of amides is 1. The highest BCUT2D eigenvalue weighted by Crippen LogP contribution is 2.33. The van der Waals surface area contributed by atoms with E-state index in [4.69, 9.17) is 5.11 Å². The standard InChI is InChI=1S/C23H23FN2O3/c24-18-6-7-19-20(14-25-21(19)13-18)16-9-11-26(12-10-16)22(27)8-3-15-1-4-17(5-2-15)23(28)29/h1-2,4-7,13-14,16,25H,3,8-12H2,(H,28,29). The van der Waals surface area contributed by atoms with Gasteiger partial charge in [-0.2, -0.15) is 0 Å². The van der Waals surface area contributed by atoms with Gasteiger partial charge in [-0.15, -0.1) is 0 Å². The van der Waals surface area contributed by atoms with Crippen LogP contribution in [0.4, 0.5) is 4.39 Å². The monoisotopic (exact) mass is 394 g/mol. The van der Waals surface area contributed by atoms with Gasteiger partial charge in [0, 0.05) is 36.6 Å². The molecule has 1 fully saturated rings. The molecule has 5 nitrogen and oxygen atoms in total. The second-order valence-corrected chi connectivity index (χ2v) is 7.59. The Morgan fingerprint density at radius 2 is 1.83 bits per heavy atom. The molecule has 0 unspecified atom stereocenters. The Morgan fingerprint density at radius 3 is 2.52 bits per heavy atom. The van der Waals surface area contributed by atoms with Crippen LogP contribution in [0.5, 0.6) is 0 Å². The number of aromatic carboxylic acids is 1. The average Bonchev–Trinajstić information content (AvgIpc) is 3.15. The molecule has 1 saturated heterocycles. The molecule has 2 N–H and O–H groups in total. The van der Waals surface area contributed by atoms with Crippen LogP contribution >= 0.6 is 0 Å². The van der Waals surface area contributed by atoms with Crippen LogP contribution in [0.2, 0.25) is 0 Å². The second-order valence-electron chi connectivity index (χ2n) is 7.59. The number of hydrogen-bond acceptors (Lipinski definition) is 2. The molecule has 150 valence electrons. The number of nitrogens with one attached hydrogen (secondary N) is 1. The molecule has 29 heavy (non-hydrogen) atoms. The van der Waals surface area contributed by atoms with Crippen molar-refractivity contribution < 1.29 is 19.1 Å². The Morgan fingerprint density at radius 1 is 1.10 bits per heavy atom. The number of aromatic amines is 1. The smallest absolute Gasteiger partial charge is 0.335 e. The number of carboxylic acid groups (broad SMARTS) is 1. The van der Waals surface area contributed by atoms with Crippen molar-refractivity contribution in [3.05, 3.63) is 71.2 Å². The van der Waals surface area contributed by atoms with Crippen molar-refractivity contribution in [3.63, 3.8) is 0 Å². The van der Waals surface area contributed by atoms with Gasteiger partial charge in [-0.1, -0.05) is 12.1 Å². The van der Waals surface area contributed by atoms with E-state index in [0.717, 1.165) is 42.4 Å². The Labute approximate surface area is 168 Å². The maximum absolute atomic E-state index is 13.4. The molecular formula is C23H23FN2O3. The van der Waals surface area contributed by atoms with Gasteiger partial charge in [-0.25, -0.2) is 9.18 Å². The average molecular weight is 394 g/mol. The number of benzene rings is 2. The quantitative estimate of drug-likeness (QED) is 0.676. The molecule has 2 heterocycles. The van der Waals surface area contributed by atoms with Crippen LogP contribution in [0.15, 0.2) is 48.7 Å². The van der Waals surface area contributed by atoms with E-state index in [2.05, 4.69) is 4.98 Å². The summed E-state index contributed by atoms with van der Waals surface area (Å²) in [6.45, 7) is 1.44. The van der Waals surface area contributed by atoms with Crippen LogP contribution in [0, 0.1) is 5.82 Å². The summed E-state index contributed by atoms with van der Waals surface area (Å²) in [4.78, 5) is 28.5. The number of nitrogens with zero attached hydrogens (tertiary/aromatic N) is 1. The molecule has 4 rings (SSSR count). The first-order valence-corrected chi connectivity index (χ1v) is 9.88. The highest BCUT2D eigenvalue weighted by molar-refractivity contribution is 5.87. The number of aryl methyl sites for hydroxylation is 1. The van der Waals surface area contributed by atoms with E-state index < -0.39 is 5.97 Å². The first-order chi connectivity index (χ1) is 14.0. The minimum absolute atomic E-state index is 0.131. The molecule has 0 bridgehead atoms. The lowest BCUT2D eigenvalue weighted by Crippen LogP contribution is -2.38. The normalized spacial score (nSPS) is 15.0. The van der Waals surface area contributed by atoms with Gasteiger partial charge in [0.05, 0.1) is 5.56 Å². The summed E-state index contributed by atoms with van der Waals surface area (Å²) in [5.74, 6) is -0.701. The minimum Gasteiger partial charge on any atom is -0.478 e. The fourth-order valence-electron chi connectivity index (χ4n) is 4.12. The van der Waals surface area contributed by atoms with Gasteiger partial charge in [-0.05, 0) is 66.6 Å². The van der Waals surface area contributed by atoms with Gasteiger partial charge in [0.1, 0.15) is 5.82 Å². The molecule has 1 aliphatic heterocycles. The molecule has 0 saturated carbocycles. The molecule has 0 atom stereocenters. The third-order valence-electron chi connectivity index (χ3n) is 5.79. The van der Waals surface area contributed by atoms with Crippen molar-refractivity contribution in [1.29, 1.82) is 0 Å². The van der Waals surface area contributed by atoms with E-state index in [-0.39, 0.29) is 17.3 Å².